The van der Waals surface area contributed by atoms with Crippen LogP contribution in [0.2, 0.25) is 0 Å². The predicted molar refractivity (Wildman–Crippen MR) is 79.0 cm³/mol. The van der Waals surface area contributed by atoms with Gasteiger partial charge in [-0.2, -0.15) is 0 Å². The molecule has 0 rings (SSSR count). The molecule has 0 aliphatic carbocycles. The summed E-state index contributed by atoms with van der Waals surface area (Å²) in [5.74, 6) is -4.00. The van der Waals surface area contributed by atoms with Gasteiger partial charge in [-0.1, -0.05) is 19.9 Å². The molecule has 0 spiro atoms. The maximum absolute atomic E-state index is 11.3. The number of rotatable bonds is 10. The summed E-state index contributed by atoms with van der Waals surface area (Å²) in [6.45, 7) is 8.64. The van der Waals surface area contributed by atoms with E-state index in [2.05, 4.69) is 13.5 Å². The number of aliphatic carboxylic acids is 2. The van der Waals surface area contributed by atoms with E-state index < -0.39 is 35.8 Å². The van der Waals surface area contributed by atoms with E-state index in [1.165, 1.54) is 0 Å². The fourth-order valence-electron chi connectivity index (χ4n) is 1.85. The second kappa shape index (κ2) is 11.8. The fraction of sp³-hybridized carbons (Fsp3) is 0.571. The second-order valence-electron chi connectivity index (χ2n) is 4.67. The molecule has 115 valence electrons. The number of carbonyl (C=O) groups is 3. The van der Waals surface area contributed by atoms with E-state index in [0.29, 0.717) is 12.8 Å². The van der Waals surface area contributed by atoms with Crippen LogP contribution < -0.4 is 0 Å². The summed E-state index contributed by atoms with van der Waals surface area (Å²) in [4.78, 5) is 32.9. The first-order valence-corrected chi connectivity index (χ1v) is 6.40. The van der Waals surface area contributed by atoms with Gasteiger partial charge >= 0.3 is 47.5 Å². The van der Waals surface area contributed by atoms with Crippen LogP contribution in [0, 0.1) is 18.8 Å². The Kier molecular flexibility index (Phi) is 12.6. The number of carbonyl (C=O) groups excluding carboxylic acids is 1. The Labute approximate surface area is 146 Å². The number of esters is 1. The van der Waals surface area contributed by atoms with Gasteiger partial charge in [0, 0.05) is 12.5 Å². The monoisotopic (exact) mass is 309 g/mol. The molecule has 0 aliphatic heterocycles. The van der Waals surface area contributed by atoms with E-state index in [1.807, 2.05) is 0 Å². The van der Waals surface area contributed by atoms with Gasteiger partial charge in [0.25, 0.3) is 0 Å². The van der Waals surface area contributed by atoms with Crippen molar-refractivity contribution in [3.8, 4) is 0 Å². The summed E-state index contributed by atoms with van der Waals surface area (Å²) in [7, 11) is 0. The van der Waals surface area contributed by atoms with E-state index in [4.69, 9.17) is 9.84 Å². The van der Waals surface area contributed by atoms with Crippen molar-refractivity contribution in [1.82, 2.24) is 0 Å². The Bertz CT molecular complexity index is 366. The van der Waals surface area contributed by atoms with Crippen LogP contribution in [0.15, 0.2) is 12.7 Å². The molecule has 0 saturated carbocycles. The quantitative estimate of drug-likeness (QED) is 0.273. The number of ether oxygens (including phenoxy) is 1. The molecule has 21 heavy (non-hydrogen) atoms. The van der Waals surface area contributed by atoms with Gasteiger partial charge in [0.05, 0.1) is 5.92 Å². The van der Waals surface area contributed by atoms with Crippen molar-refractivity contribution in [2.24, 2.45) is 11.8 Å². The number of carboxylic acids is 2. The van der Waals surface area contributed by atoms with Gasteiger partial charge in [0.1, 0.15) is 6.10 Å². The minimum atomic E-state index is -1.09. The molecule has 0 heterocycles. The van der Waals surface area contributed by atoms with Crippen molar-refractivity contribution in [3.63, 3.8) is 0 Å². The number of carboxylic acid groups (broad SMARTS) is 2. The van der Waals surface area contributed by atoms with Gasteiger partial charge in [0.2, 0.25) is 0 Å². The van der Waals surface area contributed by atoms with Crippen LogP contribution in [0.1, 0.15) is 32.6 Å². The summed E-state index contributed by atoms with van der Waals surface area (Å²) in [5.41, 5.74) is 0. The molecule has 1 radical (unpaired) electrons. The van der Waals surface area contributed by atoms with Crippen molar-refractivity contribution < 1.29 is 29.3 Å². The van der Waals surface area contributed by atoms with Gasteiger partial charge in [0.15, 0.2) is 0 Å². The first-order chi connectivity index (χ1) is 9.29. The van der Waals surface area contributed by atoms with Crippen LogP contribution in [0.4, 0.5) is 0 Å². The zero-order valence-electron chi connectivity index (χ0n) is 11.6. The number of unbranched alkanes of at least 4 members (excludes halogenated alkanes) is 1. The molecule has 2 N–H and O–H groups in total. The van der Waals surface area contributed by atoms with Crippen molar-refractivity contribution >= 4 is 47.5 Å². The minimum absolute atomic E-state index is 0. The maximum atomic E-state index is 11.3. The summed E-state index contributed by atoms with van der Waals surface area (Å²) in [6, 6.07) is 0. The number of hydrogen-bond acceptors (Lipinski definition) is 4. The third kappa shape index (κ3) is 9.66. The fourth-order valence-corrected chi connectivity index (χ4v) is 1.85. The zero-order valence-corrected chi connectivity index (χ0v) is 11.6. The predicted octanol–water partition coefficient (Wildman–Crippen LogP) is 1.25. The Morgan fingerprint density at radius 3 is 2.19 bits per heavy atom. The third-order valence-corrected chi connectivity index (χ3v) is 2.85. The molecule has 0 fully saturated rings. The van der Waals surface area contributed by atoms with Crippen molar-refractivity contribution in [3.05, 3.63) is 19.6 Å². The van der Waals surface area contributed by atoms with Crippen molar-refractivity contribution in [1.29, 1.82) is 0 Å². The van der Waals surface area contributed by atoms with E-state index in [-0.39, 0.29) is 42.4 Å². The molecule has 0 aromatic heterocycles. The van der Waals surface area contributed by atoms with Gasteiger partial charge < -0.3 is 14.9 Å². The Morgan fingerprint density at radius 2 is 1.81 bits per heavy atom. The average Bonchev–Trinajstić information content (AvgIpc) is 2.35. The topological polar surface area (TPSA) is 101 Å². The molecule has 7 heteroatoms. The van der Waals surface area contributed by atoms with Gasteiger partial charge in [-0.25, -0.2) is 4.79 Å². The van der Waals surface area contributed by atoms with Gasteiger partial charge in [-0.15, -0.1) is 0 Å². The van der Waals surface area contributed by atoms with Crippen LogP contribution in [-0.4, -0.2) is 63.8 Å². The molecule has 0 saturated heterocycles. The van der Waals surface area contributed by atoms with Gasteiger partial charge in [-0.3, -0.25) is 9.59 Å². The summed E-state index contributed by atoms with van der Waals surface area (Å²) in [6.07, 6.45) is 1.15. The van der Waals surface area contributed by atoms with Crippen molar-refractivity contribution in [2.75, 3.05) is 0 Å². The van der Waals surface area contributed by atoms with Gasteiger partial charge in [-0.05, 0) is 25.7 Å². The van der Waals surface area contributed by atoms with Crippen molar-refractivity contribution in [2.45, 2.75) is 38.7 Å². The SMILES string of the molecule is [CH2]C(C)C(OC(=O)C=C)C(CCCCC(=O)O)C(=O)O.[NaH]. The molecule has 3 unspecified atom stereocenters. The first-order valence-electron chi connectivity index (χ1n) is 6.40. The van der Waals surface area contributed by atoms with Crippen LogP contribution >= 0.6 is 0 Å². The summed E-state index contributed by atoms with van der Waals surface area (Å²) < 4.78 is 5.05. The zero-order chi connectivity index (χ0) is 15.7. The van der Waals surface area contributed by atoms with E-state index in [1.54, 1.807) is 6.92 Å². The Hall–Kier alpha value is -0.850. The third-order valence-electron chi connectivity index (χ3n) is 2.85. The summed E-state index contributed by atoms with van der Waals surface area (Å²) >= 11 is 0. The summed E-state index contributed by atoms with van der Waals surface area (Å²) in [5, 5.41) is 17.8. The normalized spacial score (nSPS) is 12.9. The van der Waals surface area contributed by atoms with Crippen LogP contribution in [0.5, 0.6) is 0 Å². The Morgan fingerprint density at radius 1 is 1.24 bits per heavy atom. The van der Waals surface area contributed by atoms with Crippen LogP contribution in [-0.2, 0) is 19.1 Å². The molecule has 0 aromatic rings. The standard InChI is InChI=1S/C14H21O6.Na.H/c1-4-12(17)20-13(9(2)3)10(14(18)19)7-5-6-8-11(15)16;;/h4,9-10,13H,1-2,5-8H2,3H3,(H,15,16)(H,18,19);;. The molecule has 0 amide bonds. The molecule has 3 atom stereocenters. The van der Waals surface area contributed by atoms with Crippen LogP contribution in [0.3, 0.4) is 0 Å². The average molecular weight is 309 g/mol. The first kappa shape index (κ1) is 22.4. The van der Waals surface area contributed by atoms with Crippen LogP contribution in [0.25, 0.3) is 0 Å². The number of hydrogen-bond donors (Lipinski definition) is 2. The van der Waals surface area contributed by atoms with E-state index in [0.717, 1.165) is 6.08 Å². The Balaban J connectivity index is 0. The molecule has 0 aromatic carbocycles. The second-order valence-corrected chi connectivity index (χ2v) is 4.67. The van der Waals surface area contributed by atoms with E-state index >= 15 is 0 Å². The molecule has 6 nitrogen and oxygen atoms in total. The molecule has 0 bridgehead atoms. The van der Waals surface area contributed by atoms with E-state index in [9.17, 15) is 19.5 Å². The molecular weight excluding hydrogens is 287 g/mol. The molecular formula is C14H22NaO6. The molecule has 0 aliphatic rings.